The second-order valence-electron chi connectivity index (χ2n) is 4.17. The number of fused-ring (bicyclic) bond motifs is 1. The van der Waals surface area contributed by atoms with E-state index in [4.69, 9.17) is 23.8 Å². The maximum Gasteiger partial charge on any atom is 0.152 e. The Labute approximate surface area is 132 Å². The van der Waals surface area contributed by atoms with Gasteiger partial charge in [-0.3, -0.25) is 5.10 Å². The lowest BCUT2D eigenvalue weighted by molar-refractivity contribution is 0.630. The van der Waals surface area contributed by atoms with Gasteiger partial charge in [-0.05, 0) is 28.1 Å². The number of nitrogens with zero attached hydrogens (tertiary/aromatic N) is 1. The van der Waals surface area contributed by atoms with Crippen molar-refractivity contribution in [2.75, 3.05) is 0 Å². The summed E-state index contributed by atoms with van der Waals surface area (Å²) in [5.41, 5.74) is 0.821. The zero-order chi connectivity index (χ0) is 14.3. The average molecular weight is 370 g/mol. The fourth-order valence-electron chi connectivity index (χ4n) is 2.03. The molecule has 100 valence electrons. The van der Waals surface area contributed by atoms with Gasteiger partial charge < -0.3 is 0 Å². The van der Waals surface area contributed by atoms with Crippen molar-refractivity contribution in [3.05, 3.63) is 56.4 Å². The van der Waals surface area contributed by atoms with E-state index in [-0.39, 0.29) is 5.02 Å². The topological polar surface area (TPSA) is 28.7 Å². The Kier molecular flexibility index (Phi) is 3.58. The molecule has 3 aromatic rings. The lowest BCUT2D eigenvalue weighted by Crippen LogP contribution is -1.94. The second kappa shape index (κ2) is 5.24. The molecular weight excluding hydrogens is 363 g/mol. The zero-order valence-electron chi connectivity index (χ0n) is 9.95. The zero-order valence-corrected chi connectivity index (χ0v) is 13.1. The third-order valence-corrected chi connectivity index (χ3v) is 4.56. The third kappa shape index (κ3) is 2.16. The minimum absolute atomic E-state index is 0.0378. The van der Waals surface area contributed by atoms with E-state index >= 15 is 0 Å². The van der Waals surface area contributed by atoms with E-state index < -0.39 is 5.82 Å². The van der Waals surface area contributed by atoms with Crippen molar-refractivity contribution in [3.63, 3.8) is 0 Å². The summed E-state index contributed by atoms with van der Waals surface area (Å²) in [5, 5.41) is 8.56. The van der Waals surface area contributed by atoms with Crippen molar-refractivity contribution in [2.24, 2.45) is 0 Å². The highest BCUT2D eigenvalue weighted by Crippen LogP contribution is 2.34. The molecule has 0 amide bonds. The smallest absolute Gasteiger partial charge is 0.152 e. The van der Waals surface area contributed by atoms with Crippen molar-refractivity contribution >= 4 is 50.5 Å². The van der Waals surface area contributed by atoms with Crippen LogP contribution in [-0.2, 0) is 0 Å². The summed E-state index contributed by atoms with van der Waals surface area (Å²) in [6, 6.07) is 10.8. The molecule has 1 N–H and O–H groups in total. The highest BCUT2D eigenvalue weighted by molar-refractivity contribution is 9.10. The monoisotopic (exact) mass is 368 g/mol. The van der Waals surface area contributed by atoms with Crippen LogP contribution >= 0.6 is 39.7 Å². The van der Waals surface area contributed by atoms with Crippen LogP contribution in [0.1, 0.15) is 0 Å². The predicted octanol–water partition coefficient (Wildman–Crippen LogP) is 5.51. The molecule has 0 aliphatic rings. The summed E-state index contributed by atoms with van der Waals surface area (Å²) in [5.74, 6) is -0.510. The summed E-state index contributed by atoms with van der Waals surface area (Å²) < 4.78 is 15.4. The molecule has 2 aromatic carbocycles. The number of rotatable bonds is 1. The van der Waals surface area contributed by atoms with Gasteiger partial charge in [0.15, 0.2) is 5.82 Å². The molecule has 20 heavy (non-hydrogen) atoms. The number of H-pyrrole nitrogens is 1. The third-order valence-electron chi connectivity index (χ3n) is 2.99. The first-order valence-corrected chi connectivity index (χ1v) is 7.29. The first-order chi connectivity index (χ1) is 9.59. The van der Waals surface area contributed by atoms with E-state index in [1.54, 1.807) is 12.1 Å². The highest BCUT2D eigenvalue weighted by Gasteiger charge is 2.15. The van der Waals surface area contributed by atoms with Gasteiger partial charge in [-0.15, -0.1) is 0 Å². The van der Waals surface area contributed by atoms with Crippen LogP contribution in [0, 0.1) is 10.5 Å². The minimum Gasteiger partial charge on any atom is -0.267 e. The normalized spacial score (nSPS) is 10.9. The molecule has 0 spiro atoms. The largest absolute Gasteiger partial charge is 0.267 e. The van der Waals surface area contributed by atoms with Crippen LogP contribution in [0.15, 0.2) is 40.9 Å². The number of hydrogen-bond donors (Lipinski definition) is 1. The lowest BCUT2D eigenvalue weighted by atomic mass is 10.0. The van der Waals surface area contributed by atoms with Gasteiger partial charge in [-0.25, -0.2) is 4.39 Å². The van der Waals surface area contributed by atoms with Crippen LogP contribution in [0.3, 0.4) is 0 Å². The first kappa shape index (κ1) is 13.7. The number of aromatic nitrogens is 2. The quantitative estimate of drug-likeness (QED) is 0.452. The van der Waals surface area contributed by atoms with Crippen LogP contribution in [0.4, 0.5) is 4.39 Å². The van der Waals surface area contributed by atoms with Gasteiger partial charge in [0.2, 0.25) is 0 Å². The lowest BCUT2D eigenvalue weighted by Gasteiger charge is -2.08. The summed E-state index contributed by atoms with van der Waals surface area (Å²) in [4.78, 5) is 0. The van der Waals surface area contributed by atoms with Crippen molar-refractivity contribution in [2.45, 2.75) is 0 Å². The predicted molar refractivity (Wildman–Crippen MR) is 85.0 cm³/mol. The molecule has 0 saturated carbocycles. The average Bonchev–Trinajstić information content (AvgIpc) is 2.47. The molecule has 0 atom stereocenters. The summed E-state index contributed by atoms with van der Waals surface area (Å²) in [6.45, 7) is 0. The molecule has 0 fully saturated rings. The van der Waals surface area contributed by atoms with Crippen LogP contribution in [0.2, 0.25) is 5.02 Å². The van der Waals surface area contributed by atoms with Gasteiger partial charge >= 0.3 is 0 Å². The number of aromatic amines is 1. The molecule has 0 aliphatic heterocycles. The van der Waals surface area contributed by atoms with Crippen LogP contribution in [0.5, 0.6) is 0 Å². The van der Waals surface area contributed by atoms with Gasteiger partial charge in [0.1, 0.15) is 10.3 Å². The van der Waals surface area contributed by atoms with Gasteiger partial charge in [0.05, 0.1) is 5.02 Å². The highest BCUT2D eigenvalue weighted by atomic mass is 79.9. The van der Waals surface area contributed by atoms with E-state index in [1.807, 2.05) is 24.3 Å². The molecule has 0 aliphatic carbocycles. The molecule has 6 heteroatoms. The number of hydrogen-bond acceptors (Lipinski definition) is 2. The number of nitrogens with one attached hydrogen (secondary N) is 1. The van der Waals surface area contributed by atoms with Gasteiger partial charge in [0, 0.05) is 20.8 Å². The van der Waals surface area contributed by atoms with Crippen LogP contribution in [0.25, 0.3) is 22.0 Å². The van der Waals surface area contributed by atoms with Crippen LogP contribution in [-0.4, -0.2) is 10.2 Å². The fourth-order valence-corrected chi connectivity index (χ4v) is 2.72. The van der Waals surface area contributed by atoms with Crippen molar-refractivity contribution in [3.8, 4) is 11.3 Å². The Morgan fingerprint density at radius 3 is 2.60 bits per heavy atom. The van der Waals surface area contributed by atoms with Crippen molar-refractivity contribution in [1.29, 1.82) is 0 Å². The van der Waals surface area contributed by atoms with E-state index in [0.29, 0.717) is 20.4 Å². The van der Waals surface area contributed by atoms with Gasteiger partial charge in [-0.2, -0.15) is 5.10 Å². The molecule has 0 saturated heterocycles. The SMILES string of the molecule is Fc1c(-c2n[nH]c(=S)c3ccccc23)ccc(Br)c1Cl. The Morgan fingerprint density at radius 2 is 1.85 bits per heavy atom. The minimum atomic E-state index is -0.510. The van der Waals surface area contributed by atoms with Crippen molar-refractivity contribution in [1.82, 2.24) is 10.2 Å². The molecule has 1 heterocycles. The Hall–Kier alpha value is -1.30. The Bertz CT molecular complexity index is 879. The van der Waals surface area contributed by atoms with E-state index in [1.165, 1.54) is 0 Å². The maximum atomic E-state index is 14.3. The summed E-state index contributed by atoms with van der Waals surface area (Å²) in [6.07, 6.45) is 0. The maximum absolute atomic E-state index is 14.3. The van der Waals surface area contributed by atoms with Gasteiger partial charge in [-0.1, -0.05) is 48.1 Å². The number of benzene rings is 2. The van der Waals surface area contributed by atoms with E-state index in [0.717, 1.165) is 10.8 Å². The molecule has 3 rings (SSSR count). The molecule has 1 aromatic heterocycles. The van der Waals surface area contributed by atoms with Crippen molar-refractivity contribution < 1.29 is 4.39 Å². The Morgan fingerprint density at radius 1 is 1.15 bits per heavy atom. The van der Waals surface area contributed by atoms with Gasteiger partial charge in [0.25, 0.3) is 0 Å². The Balaban J connectivity index is 2.39. The van der Waals surface area contributed by atoms with E-state index in [9.17, 15) is 4.39 Å². The number of halogens is 3. The molecule has 2 nitrogen and oxygen atoms in total. The summed E-state index contributed by atoms with van der Waals surface area (Å²) >= 11 is 14.3. The molecule has 0 radical (unpaired) electrons. The standard InChI is InChI=1S/C14H7BrClFN2S/c15-10-6-5-9(12(17)11(10)16)13-7-3-1-2-4-8(7)14(20)19-18-13/h1-6H,(H,19,20). The summed E-state index contributed by atoms with van der Waals surface area (Å²) in [7, 11) is 0. The molecule has 0 unspecified atom stereocenters. The second-order valence-corrected chi connectivity index (χ2v) is 5.81. The molecular formula is C14H7BrClFN2S. The molecule has 0 bridgehead atoms. The fraction of sp³-hybridized carbons (Fsp3) is 0. The first-order valence-electron chi connectivity index (χ1n) is 5.71. The van der Waals surface area contributed by atoms with E-state index in [2.05, 4.69) is 26.1 Å². The van der Waals surface area contributed by atoms with Crippen LogP contribution < -0.4 is 0 Å².